The van der Waals surface area contributed by atoms with Crippen molar-refractivity contribution in [1.29, 1.82) is 0 Å². The Hall–Kier alpha value is -1.91. The van der Waals surface area contributed by atoms with Crippen LogP contribution in [0.15, 0.2) is 36.8 Å². The third-order valence-corrected chi connectivity index (χ3v) is 3.50. The topological polar surface area (TPSA) is 52.3 Å². The van der Waals surface area contributed by atoms with E-state index < -0.39 is 12.8 Å². The molecule has 5 nitrogen and oxygen atoms in total. The first-order valence-corrected chi connectivity index (χ1v) is 7.16. The van der Waals surface area contributed by atoms with Gasteiger partial charge in [0.15, 0.2) is 12.3 Å². The molecule has 3 aromatic heterocycles. The molecule has 0 bridgehead atoms. The smallest absolute Gasteiger partial charge is 0.422 e. The maximum atomic E-state index is 12.1. The van der Waals surface area contributed by atoms with Crippen LogP contribution >= 0.6 is 22.6 Å². The van der Waals surface area contributed by atoms with E-state index >= 15 is 0 Å². The lowest BCUT2D eigenvalue weighted by molar-refractivity contribution is -0.154. The lowest BCUT2D eigenvalue weighted by Crippen LogP contribution is -2.19. The van der Waals surface area contributed by atoms with Crippen molar-refractivity contribution in [3.05, 3.63) is 40.4 Å². The van der Waals surface area contributed by atoms with Crippen molar-refractivity contribution in [1.82, 2.24) is 19.6 Å². The molecule has 0 N–H and O–H groups in total. The maximum absolute atomic E-state index is 12.1. The van der Waals surface area contributed by atoms with E-state index in [0.717, 1.165) is 3.57 Å². The van der Waals surface area contributed by atoms with Crippen molar-refractivity contribution in [2.75, 3.05) is 6.61 Å². The Morgan fingerprint density at radius 1 is 1.18 bits per heavy atom. The second-order valence-corrected chi connectivity index (χ2v) is 5.52. The maximum Gasteiger partial charge on any atom is 0.422 e. The number of hydrogen-bond donors (Lipinski definition) is 0. The van der Waals surface area contributed by atoms with Gasteiger partial charge in [-0.05, 0) is 34.7 Å². The van der Waals surface area contributed by atoms with Crippen LogP contribution < -0.4 is 4.74 Å². The predicted molar refractivity (Wildman–Crippen MR) is 80.5 cm³/mol. The molecule has 0 saturated heterocycles. The highest BCUT2D eigenvalue weighted by molar-refractivity contribution is 14.1. The van der Waals surface area contributed by atoms with Gasteiger partial charge < -0.3 is 4.74 Å². The Bertz CT molecular complexity index is 801. The summed E-state index contributed by atoms with van der Waals surface area (Å²) in [5.74, 6) is -0.0823. The fraction of sp³-hybridized carbons (Fsp3) is 0.154. The van der Waals surface area contributed by atoms with Gasteiger partial charge in [0.25, 0.3) is 0 Å². The molecule has 3 rings (SSSR count). The number of pyridine rings is 1. The molecule has 0 aliphatic carbocycles. The predicted octanol–water partition coefficient (Wildman–Crippen LogP) is 3.34. The van der Waals surface area contributed by atoms with Gasteiger partial charge in [0.1, 0.15) is 0 Å². The van der Waals surface area contributed by atoms with Crippen LogP contribution in [0.1, 0.15) is 0 Å². The molecule has 0 saturated carbocycles. The summed E-state index contributed by atoms with van der Waals surface area (Å²) in [6.45, 7) is -1.36. The molecule has 0 aliphatic rings. The normalized spacial score (nSPS) is 11.8. The van der Waals surface area contributed by atoms with Crippen LogP contribution in [0, 0.1) is 3.57 Å². The largest absolute Gasteiger partial charge is 0.468 e. The minimum absolute atomic E-state index is 0.0823. The molecule has 3 heterocycles. The van der Waals surface area contributed by atoms with Crippen molar-refractivity contribution in [2.24, 2.45) is 0 Å². The zero-order valence-corrected chi connectivity index (χ0v) is 13.0. The summed E-state index contributed by atoms with van der Waals surface area (Å²) in [6, 6.07) is 4.75. The standard InChI is InChI=1S/C13H8F3IN4O/c14-13(15,16)7-22-11-2-1-8(5-18-11)10-3-4-21-12(20-10)9(17)6-19-21/h1-6H,7H2. The number of alkyl halides is 3. The van der Waals surface area contributed by atoms with E-state index in [1.807, 2.05) is 0 Å². The van der Waals surface area contributed by atoms with Crippen LogP contribution in [0.5, 0.6) is 5.88 Å². The van der Waals surface area contributed by atoms with Crippen LogP contribution in [-0.4, -0.2) is 32.4 Å². The van der Waals surface area contributed by atoms with E-state index in [4.69, 9.17) is 0 Å². The fourth-order valence-corrected chi connectivity index (χ4v) is 2.27. The molecule has 0 aromatic carbocycles. The Labute approximate surface area is 136 Å². The van der Waals surface area contributed by atoms with E-state index in [0.29, 0.717) is 16.9 Å². The quantitative estimate of drug-likeness (QED) is 0.611. The number of ether oxygens (including phenoxy) is 1. The highest BCUT2D eigenvalue weighted by atomic mass is 127. The molecular weight excluding hydrogens is 412 g/mol. The van der Waals surface area contributed by atoms with Crippen LogP contribution in [-0.2, 0) is 0 Å². The summed E-state index contributed by atoms with van der Waals surface area (Å²) >= 11 is 2.13. The molecule has 9 heteroatoms. The Morgan fingerprint density at radius 2 is 2.00 bits per heavy atom. The van der Waals surface area contributed by atoms with E-state index in [1.54, 1.807) is 29.0 Å². The van der Waals surface area contributed by atoms with Gasteiger partial charge >= 0.3 is 6.18 Å². The molecule has 0 unspecified atom stereocenters. The van der Waals surface area contributed by atoms with Crippen LogP contribution in [0.2, 0.25) is 0 Å². The SMILES string of the molecule is FC(F)(F)COc1ccc(-c2ccn3ncc(I)c3n2)cn1. The summed E-state index contributed by atoms with van der Waals surface area (Å²) < 4.78 is 43.3. The molecular formula is C13H8F3IN4O. The molecule has 3 aromatic rings. The highest BCUT2D eigenvalue weighted by Gasteiger charge is 2.28. The first kappa shape index (κ1) is 15.0. The summed E-state index contributed by atoms with van der Waals surface area (Å²) in [5.41, 5.74) is 2.04. The van der Waals surface area contributed by atoms with Gasteiger partial charge in [-0.15, -0.1) is 0 Å². The van der Waals surface area contributed by atoms with Crippen molar-refractivity contribution in [2.45, 2.75) is 6.18 Å². The van der Waals surface area contributed by atoms with Crippen LogP contribution in [0.4, 0.5) is 13.2 Å². The van der Waals surface area contributed by atoms with Crippen molar-refractivity contribution >= 4 is 28.2 Å². The molecule has 114 valence electrons. The van der Waals surface area contributed by atoms with E-state index in [-0.39, 0.29) is 5.88 Å². The lowest BCUT2D eigenvalue weighted by atomic mass is 10.2. The van der Waals surface area contributed by atoms with Gasteiger partial charge in [0, 0.05) is 24.0 Å². The summed E-state index contributed by atoms with van der Waals surface area (Å²) in [7, 11) is 0. The van der Waals surface area contributed by atoms with Crippen molar-refractivity contribution in [3.63, 3.8) is 0 Å². The zero-order valence-electron chi connectivity index (χ0n) is 10.9. The van der Waals surface area contributed by atoms with Gasteiger partial charge in [-0.1, -0.05) is 0 Å². The van der Waals surface area contributed by atoms with Gasteiger partial charge in [-0.25, -0.2) is 14.5 Å². The lowest BCUT2D eigenvalue weighted by Gasteiger charge is -2.08. The van der Waals surface area contributed by atoms with Gasteiger partial charge in [-0.2, -0.15) is 18.3 Å². The minimum atomic E-state index is -4.38. The van der Waals surface area contributed by atoms with Gasteiger partial charge in [-0.3, -0.25) is 0 Å². The van der Waals surface area contributed by atoms with E-state index in [2.05, 4.69) is 42.4 Å². The Morgan fingerprint density at radius 3 is 2.68 bits per heavy atom. The summed E-state index contributed by atoms with van der Waals surface area (Å²) in [6.07, 6.45) is 0.492. The summed E-state index contributed by atoms with van der Waals surface area (Å²) in [4.78, 5) is 8.31. The van der Waals surface area contributed by atoms with E-state index in [9.17, 15) is 13.2 Å². The number of nitrogens with zero attached hydrogens (tertiary/aromatic N) is 4. The van der Waals surface area contributed by atoms with Gasteiger partial charge in [0.05, 0.1) is 15.5 Å². The third-order valence-electron chi connectivity index (χ3n) is 2.74. The molecule has 0 spiro atoms. The average Bonchev–Trinajstić information content (AvgIpc) is 2.86. The number of aromatic nitrogens is 4. The molecule has 0 aliphatic heterocycles. The first-order valence-electron chi connectivity index (χ1n) is 6.08. The molecule has 0 amide bonds. The first-order chi connectivity index (χ1) is 10.4. The number of hydrogen-bond acceptors (Lipinski definition) is 4. The van der Waals surface area contributed by atoms with E-state index in [1.165, 1.54) is 12.3 Å². The highest BCUT2D eigenvalue weighted by Crippen LogP contribution is 2.22. The van der Waals surface area contributed by atoms with Crippen LogP contribution in [0.25, 0.3) is 16.9 Å². The third kappa shape index (κ3) is 3.29. The molecule has 0 radical (unpaired) electrons. The minimum Gasteiger partial charge on any atom is -0.468 e. The van der Waals surface area contributed by atoms with Gasteiger partial charge in [0.2, 0.25) is 5.88 Å². The average molecular weight is 420 g/mol. The summed E-state index contributed by atoms with van der Waals surface area (Å²) in [5, 5.41) is 4.12. The number of fused-ring (bicyclic) bond motifs is 1. The zero-order chi connectivity index (χ0) is 15.7. The Balaban J connectivity index is 1.83. The number of halogens is 4. The second kappa shape index (κ2) is 5.71. The molecule has 22 heavy (non-hydrogen) atoms. The number of rotatable bonds is 3. The molecule has 0 fully saturated rings. The van der Waals surface area contributed by atoms with Crippen molar-refractivity contribution < 1.29 is 17.9 Å². The monoisotopic (exact) mass is 420 g/mol. The van der Waals surface area contributed by atoms with Crippen LogP contribution in [0.3, 0.4) is 0 Å². The second-order valence-electron chi connectivity index (χ2n) is 4.36. The Kier molecular flexibility index (Phi) is 3.89. The van der Waals surface area contributed by atoms with Crippen molar-refractivity contribution in [3.8, 4) is 17.1 Å². The molecule has 0 atom stereocenters. The fourth-order valence-electron chi connectivity index (χ4n) is 1.77.